The maximum absolute atomic E-state index is 11.0. The van der Waals surface area contributed by atoms with Gasteiger partial charge in [0.25, 0.3) is 0 Å². The van der Waals surface area contributed by atoms with E-state index < -0.39 is 5.97 Å². The predicted octanol–water partition coefficient (Wildman–Crippen LogP) is 4.68. The summed E-state index contributed by atoms with van der Waals surface area (Å²) in [5.41, 5.74) is 7.95. The molecule has 31 heavy (non-hydrogen) atoms. The SMILES string of the molecule is NCC1CCCC(CNc2nc(C=Cc3ccc(C(=O)O)cc3)nc3ccccc23)C1. The molecule has 1 aliphatic rings. The van der Waals surface area contributed by atoms with Gasteiger partial charge in [0.05, 0.1) is 11.1 Å². The van der Waals surface area contributed by atoms with Gasteiger partial charge in [0, 0.05) is 11.9 Å². The molecule has 0 radical (unpaired) electrons. The summed E-state index contributed by atoms with van der Waals surface area (Å²) in [7, 11) is 0. The van der Waals surface area contributed by atoms with Gasteiger partial charge in [-0.15, -0.1) is 0 Å². The summed E-state index contributed by atoms with van der Waals surface area (Å²) in [5.74, 6) is 1.78. The van der Waals surface area contributed by atoms with Crippen LogP contribution in [0.4, 0.5) is 5.82 Å². The average molecular weight is 417 g/mol. The van der Waals surface area contributed by atoms with Crippen molar-refractivity contribution in [2.45, 2.75) is 25.7 Å². The lowest BCUT2D eigenvalue weighted by Crippen LogP contribution is -2.26. The standard InChI is InChI=1S/C25H28N4O2/c26-15-18-4-3-5-19(14-18)16-27-24-21-6-1-2-7-22(21)28-23(29-24)13-10-17-8-11-20(12-9-17)25(30)31/h1-2,6-13,18-19H,3-5,14-16,26H2,(H,30,31)(H,27,28,29). The van der Waals surface area contributed by atoms with Crippen LogP contribution in [-0.2, 0) is 0 Å². The van der Waals surface area contributed by atoms with Gasteiger partial charge in [-0.25, -0.2) is 14.8 Å². The largest absolute Gasteiger partial charge is 0.478 e. The number of nitrogens with two attached hydrogens (primary N) is 1. The second-order valence-electron chi connectivity index (χ2n) is 8.22. The van der Waals surface area contributed by atoms with Gasteiger partial charge in [0.15, 0.2) is 5.82 Å². The van der Waals surface area contributed by atoms with E-state index in [2.05, 4.69) is 10.3 Å². The number of carboxylic acid groups (broad SMARTS) is 1. The minimum Gasteiger partial charge on any atom is -0.478 e. The molecule has 6 nitrogen and oxygen atoms in total. The molecule has 1 aliphatic carbocycles. The van der Waals surface area contributed by atoms with Crippen LogP contribution in [0.3, 0.4) is 0 Å². The lowest BCUT2D eigenvalue weighted by molar-refractivity contribution is 0.0697. The Morgan fingerprint density at radius 3 is 2.61 bits per heavy atom. The number of anilines is 1. The lowest BCUT2D eigenvalue weighted by Gasteiger charge is -2.28. The van der Waals surface area contributed by atoms with Crippen LogP contribution in [0.25, 0.3) is 23.1 Å². The van der Waals surface area contributed by atoms with Crippen LogP contribution in [0.5, 0.6) is 0 Å². The molecule has 6 heteroatoms. The van der Waals surface area contributed by atoms with E-state index in [0.29, 0.717) is 17.7 Å². The van der Waals surface area contributed by atoms with E-state index in [0.717, 1.165) is 35.4 Å². The Bertz CT molecular complexity index is 1080. The van der Waals surface area contributed by atoms with Crippen molar-refractivity contribution in [2.75, 3.05) is 18.4 Å². The van der Waals surface area contributed by atoms with Gasteiger partial charge < -0.3 is 16.2 Å². The third-order valence-electron chi connectivity index (χ3n) is 5.99. The zero-order chi connectivity index (χ0) is 21.6. The fourth-order valence-electron chi connectivity index (χ4n) is 4.25. The van der Waals surface area contributed by atoms with Crippen molar-refractivity contribution in [2.24, 2.45) is 17.6 Å². The fourth-order valence-corrected chi connectivity index (χ4v) is 4.25. The highest BCUT2D eigenvalue weighted by Crippen LogP contribution is 2.29. The second-order valence-corrected chi connectivity index (χ2v) is 8.22. The van der Waals surface area contributed by atoms with Crippen LogP contribution >= 0.6 is 0 Å². The maximum Gasteiger partial charge on any atom is 0.335 e. The van der Waals surface area contributed by atoms with Gasteiger partial charge in [-0.2, -0.15) is 0 Å². The van der Waals surface area contributed by atoms with Crippen molar-refractivity contribution in [3.05, 3.63) is 65.5 Å². The molecule has 0 spiro atoms. The first-order chi connectivity index (χ1) is 15.1. The monoisotopic (exact) mass is 416 g/mol. The van der Waals surface area contributed by atoms with Crippen LogP contribution < -0.4 is 11.1 Å². The molecule has 2 aromatic carbocycles. The first-order valence-corrected chi connectivity index (χ1v) is 10.8. The second kappa shape index (κ2) is 9.71. The van der Waals surface area contributed by atoms with Gasteiger partial charge >= 0.3 is 5.97 Å². The molecule has 1 heterocycles. The van der Waals surface area contributed by atoms with Crippen molar-refractivity contribution in [3.8, 4) is 0 Å². The number of benzene rings is 2. The Morgan fingerprint density at radius 1 is 1.06 bits per heavy atom. The van der Waals surface area contributed by atoms with Crippen molar-refractivity contribution >= 4 is 34.8 Å². The van der Waals surface area contributed by atoms with Gasteiger partial charge in [-0.1, -0.05) is 36.8 Å². The normalized spacial score (nSPS) is 19.0. The van der Waals surface area contributed by atoms with Crippen molar-refractivity contribution in [3.63, 3.8) is 0 Å². The molecule has 0 bridgehead atoms. The highest BCUT2D eigenvalue weighted by Gasteiger charge is 2.21. The topological polar surface area (TPSA) is 101 Å². The summed E-state index contributed by atoms with van der Waals surface area (Å²) in [6.07, 6.45) is 8.64. The number of aromatic nitrogens is 2. The number of hydrogen-bond acceptors (Lipinski definition) is 5. The molecule has 4 rings (SSSR count). The predicted molar refractivity (Wildman–Crippen MR) is 125 cm³/mol. The fraction of sp³-hybridized carbons (Fsp3) is 0.320. The van der Waals surface area contributed by atoms with Gasteiger partial charge in [-0.3, -0.25) is 0 Å². The number of fused-ring (bicyclic) bond motifs is 1. The van der Waals surface area contributed by atoms with Gasteiger partial charge in [0.1, 0.15) is 5.82 Å². The van der Waals surface area contributed by atoms with Crippen molar-refractivity contribution < 1.29 is 9.90 Å². The van der Waals surface area contributed by atoms with Crippen molar-refractivity contribution in [1.29, 1.82) is 0 Å². The molecule has 160 valence electrons. The molecule has 4 N–H and O–H groups in total. The van der Waals surface area contributed by atoms with Crippen LogP contribution in [-0.4, -0.2) is 34.1 Å². The molecule has 0 aliphatic heterocycles. The molecule has 3 aromatic rings. The van der Waals surface area contributed by atoms with Crippen molar-refractivity contribution in [1.82, 2.24) is 9.97 Å². The molecule has 2 atom stereocenters. The number of hydrogen-bond donors (Lipinski definition) is 3. The zero-order valence-electron chi connectivity index (χ0n) is 17.5. The number of nitrogens with zero attached hydrogens (tertiary/aromatic N) is 2. The summed E-state index contributed by atoms with van der Waals surface area (Å²) < 4.78 is 0. The summed E-state index contributed by atoms with van der Waals surface area (Å²) in [6.45, 7) is 1.66. The minimum atomic E-state index is -0.931. The zero-order valence-corrected chi connectivity index (χ0v) is 17.5. The van der Waals surface area contributed by atoms with E-state index in [9.17, 15) is 4.79 Å². The summed E-state index contributed by atoms with van der Waals surface area (Å²) >= 11 is 0. The minimum absolute atomic E-state index is 0.269. The van der Waals surface area contributed by atoms with Crippen LogP contribution in [0, 0.1) is 11.8 Å². The average Bonchev–Trinajstić information content (AvgIpc) is 2.81. The number of para-hydroxylation sites is 1. The lowest BCUT2D eigenvalue weighted by atomic mass is 9.81. The first kappa shape index (κ1) is 21.0. The maximum atomic E-state index is 11.0. The Morgan fingerprint density at radius 2 is 1.84 bits per heavy atom. The third-order valence-corrected chi connectivity index (χ3v) is 5.99. The number of nitrogens with one attached hydrogen (secondary N) is 1. The van der Waals surface area contributed by atoms with E-state index in [1.165, 1.54) is 25.7 Å². The number of carbonyl (C=O) groups is 1. The third kappa shape index (κ3) is 5.27. The van der Waals surface area contributed by atoms with Crippen LogP contribution in [0.2, 0.25) is 0 Å². The highest BCUT2D eigenvalue weighted by atomic mass is 16.4. The van der Waals surface area contributed by atoms with E-state index in [4.69, 9.17) is 15.8 Å². The molecular weight excluding hydrogens is 388 g/mol. The van der Waals surface area contributed by atoms with E-state index >= 15 is 0 Å². The molecule has 1 aromatic heterocycles. The van der Waals surface area contributed by atoms with Gasteiger partial charge in [-0.05, 0) is 73.5 Å². The smallest absolute Gasteiger partial charge is 0.335 e. The quantitative estimate of drug-likeness (QED) is 0.517. The highest BCUT2D eigenvalue weighted by molar-refractivity contribution is 5.90. The Balaban J connectivity index is 1.53. The van der Waals surface area contributed by atoms with E-state index in [1.807, 2.05) is 36.4 Å². The Labute approximate surface area is 182 Å². The van der Waals surface area contributed by atoms with Crippen LogP contribution in [0.1, 0.15) is 47.4 Å². The Hall–Kier alpha value is -3.25. The Kier molecular flexibility index (Phi) is 6.57. The first-order valence-electron chi connectivity index (χ1n) is 10.8. The molecule has 2 unspecified atom stereocenters. The number of aromatic carboxylic acids is 1. The summed E-state index contributed by atoms with van der Waals surface area (Å²) in [5, 5.41) is 13.6. The molecule has 0 saturated heterocycles. The van der Waals surface area contributed by atoms with Crippen LogP contribution in [0.15, 0.2) is 48.5 Å². The van der Waals surface area contributed by atoms with E-state index in [-0.39, 0.29) is 5.56 Å². The number of rotatable bonds is 7. The molecular formula is C25H28N4O2. The summed E-state index contributed by atoms with van der Waals surface area (Å²) in [4.78, 5) is 20.4. The van der Waals surface area contributed by atoms with Gasteiger partial charge in [0.2, 0.25) is 0 Å². The molecule has 1 fully saturated rings. The molecule has 0 amide bonds. The number of carboxylic acids is 1. The molecule has 1 saturated carbocycles. The summed E-state index contributed by atoms with van der Waals surface area (Å²) in [6, 6.07) is 14.7. The van der Waals surface area contributed by atoms with E-state index in [1.54, 1.807) is 24.3 Å².